The maximum Gasteiger partial charge on any atom is 0.290 e. The van der Waals surface area contributed by atoms with Crippen molar-refractivity contribution >= 4 is 24.1 Å². The Morgan fingerprint density at radius 3 is 2.61 bits per heavy atom. The molecule has 0 spiro atoms. The smallest absolute Gasteiger partial charge is 0.290 e. The minimum absolute atomic E-state index is 0.165. The van der Waals surface area contributed by atoms with Crippen molar-refractivity contribution in [1.29, 1.82) is 0 Å². The van der Waals surface area contributed by atoms with E-state index in [0.717, 1.165) is 19.4 Å². The molecule has 0 saturated carbocycles. The first-order valence-corrected chi connectivity index (χ1v) is 14.7. The van der Waals surface area contributed by atoms with Crippen LogP contribution in [-0.4, -0.2) is 99.7 Å². The number of ether oxygens (including phenoxy) is 2. The molecule has 218 valence electrons. The van der Waals surface area contributed by atoms with Crippen LogP contribution in [-0.2, 0) is 19.1 Å². The van der Waals surface area contributed by atoms with Gasteiger partial charge in [-0.25, -0.2) is 0 Å². The van der Waals surface area contributed by atoms with Gasteiger partial charge in [0.25, 0.3) is 6.47 Å². The van der Waals surface area contributed by atoms with Gasteiger partial charge in [0, 0.05) is 18.9 Å². The second-order valence-corrected chi connectivity index (χ2v) is 13.2. The molecule has 2 bridgehead atoms. The first-order valence-electron chi connectivity index (χ1n) is 13.7. The number of carbonyl (C=O) groups excluding carboxylic acids is 1. The zero-order chi connectivity index (χ0) is 28.0. The van der Waals surface area contributed by atoms with Crippen LogP contribution in [0.4, 0.5) is 0 Å². The number of fused-ring (bicyclic) bond motifs is 3. The van der Waals surface area contributed by atoms with Crippen LogP contribution in [0.25, 0.3) is 0 Å². The number of carbonyl (C=O) groups is 2. The summed E-state index contributed by atoms with van der Waals surface area (Å²) in [7, 11) is 0. The maximum atomic E-state index is 13.6. The van der Waals surface area contributed by atoms with Crippen LogP contribution in [0, 0.1) is 23.2 Å². The van der Waals surface area contributed by atoms with Gasteiger partial charge in [0.1, 0.15) is 35.9 Å². The summed E-state index contributed by atoms with van der Waals surface area (Å²) in [5.74, 6) is 2.03. The van der Waals surface area contributed by atoms with Crippen molar-refractivity contribution in [3.05, 3.63) is 12.2 Å². The molecule has 0 aromatic heterocycles. The summed E-state index contributed by atoms with van der Waals surface area (Å²) in [4.78, 5) is 22.0. The lowest BCUT2D eigenvalue weighted by Crippen LogP contribution is -2.64. The molecule has 10 atom stereocenters. The zero-order valence-electron chi connectivity index (χ0n) is 22.9. The van der Waals surface area contributed by atoms with E-state index in [9.17, 15) is 20.1 Å². The Morgan fingerprint density at radius 1 is 1.21 bits per heavy atom. The molecule has 38 heavy (non-hydrogen) atoms. The highest BCUT2D eigenvalue weighted by molar-refractivity contribution is 7.99. The minimum atomic E-state index is -1.34. The highest BCUT2D eigenvalue weighted by Gasteiger charge is 2.49. The normalized spacial score (nSPS) is 41.6. The number of aliphatic hydroxyl groups is 3. The molecule has 6 N–H and O–H groups in total. The second kappa shape index (κ2) is 13.9. The van der Waals surface area contributed by atoms with E-state index in [1.807, 2.05) is 6.08 Å². The van der Waals surface area contributed by atoms with Crippen LogP contribution < -0.4 is 10.6 Å². The van der Waals surface area contributed by atoms with Crippen LogP contribution in [0.1, 0.15) is 53.4 Å². The van der Waals surface area contributed by atoms with Gasteiger partial charge in [0.2, 0.25) is 5.91 Å². The van der Waals surface area contributed by atoms with Gasteiger partial charge in [-0.05, 0) is 48.9 Å². The molecule has 4 aliphatic heterocycles. The maximum absolute atomic E-state index is 13.6. The third-order valence-electron chi connectivity index (χ3n) is 7.96. The molecule has 4 aliphatic rings. The van der Waals surface area contributed by atoms with E-state index in [1.54, 1.807) is 0 Å². The number of allylic oxidation sites excluding steroid dienone is 1. The third-order valence-corrected chi connectivity index (χ3v) is 9.06. The lowest BCUT2D eigenvalue weighted by molar-refractivity contribution is -0.206. The van der Waals surface area contributed by atoms with Crippen LogP contribution in [0.15, 0.2) is 12.2 Å². The SMILES string of the molecule is CC(C)C[C@@H]1CCO[C@@H]2[C@H](CN[C@@H]2C(=O)N[C@@H]2CC(C)(C)/C=C/CS[C@H]3O[C@H]2[C@H](O)[C@H](O)[C@H]3O)C1.O=CO. The van der Waals surface area contributed by atoms with Crippen LogP contribution in [0.3, 0.4) is 0 Å². The van der Waals surface area contributed by atoms with Gasteiger partial charge >= 0.3 is 0 Å². The van der Waals surface area contributed by atoms with Gasteiger partial charge in [-0.15, -0.1) is 11.8 Å². The largest absolute Gasteiger partial charge is 0.483 e. The number of nitrogens with one attached hydrogen (secondary N) is 2. The van der Waals surface area contributed by atoms with Gasteiger partial charge in [0.15, 0.2) is 0 Å². The van der Waals surface area contributed by atoms with Crippen molar-refractivity contribution in [2.24, 2.45) is 23.2 Å². The average Bonchev–Trinajstić information content (AvgIpc) is 3.12. The first-order chi connectivity index (χ1) is 18.0. The van der Waals surface area contributed by atoms with Crippen molar-refractivity contribution in [2.75, 3.05) is 18.9 Å². The molecular formula is C27H46N2O8S. The zero-order valence-corrected chi connectivity index (χ0v) is 23.7. The standard InChI is InChI=1S/C26H44N2O6S.CH2O2/c1-14(2)10-15-6-8-33-22-16(11-15)13-27-18(22)24(32)28-17-12-26(3,4)7-5-9-35-25-21(31)19(29)20(30)23(17)34-25;2-1-3/h5,7,14-23,25,27,29-31H,6,8-13H2,1-4H3,(H,28,32);1H,(H,2,3)/b7-5+;/t15-,16-,17+,18-,19-,20+,21+,22+,23+,25+;/m0./s1. The van der Waals surface area contributed by atoms with E-state index in [1.165, 1.54) is 18.2 Å². The average molecular weight is 559 g/mol. The van der Waals surface area contributed by atoms with E-state index in [-0.39, 0.29) is 23.9 Å². The number of hydrogen-bond acceptors (Lipinski definition) is 9. The summed E-state index contributed by atoms with van der Waals surface area (Å²) in [5.41, 5.74) is -0.940. The summed E-state index contributed by atoms with van der Waals surface area (Å²) < 4.78 is 12.3. The van der Waals surface area contributed by atoms with Crippen molar-refractivity contribution in [3.8, 4) is 0 Å². The van der Waals surface area contributed by atoms with Gasteiger partial charge in [0.05, 0.1) is 12.1 Å². The first kappa shape index (κ1) is 31.3. The van der Waals surface area contributed by atoms with Crippen LogP contribution in [0.5, 0.6) is 0 Å². The number of rotatable bonds is 4. The number of carboxylic acid groups (broad SMARTS) is 1. The highest BCUT2D eigenvalue weighted by Crippen LogP contribution is 2.37. The Morgan fingerprint density at radius 2 is 1.92 bits per heavy atom. The van der Waals surface area contributed by atoms with E-state index in [2.05, 4.69) is 44.4 Å². The Hall–Kier alpha value is -1.21. The Labute approximate surface area is 229 Å². The van der Waals surface area contributed by atoms with Crippen molar-refractivity contribution in [3.63, 3.8) is 0 Å². The second-order valence-electron chi connectivity index (χ2n) is 12.1. The fourth-order valence-corrected chi connectivity index (χ4v) is 7.25. The molecule has 1 amide bonds. The molecule has 4 heterocycles. The Bertz CT molecular complexity index is 812. The summed E-state index contributed by atoms with van der Waals surface area (Å²) in [6, 6.07) is -1.01. The lowest BCUT2D eigenvalue weighted by Gasteiger charge is -2.45. The Kier molecular flexibility index (Phi) is 11.5. The fourth-order valence-electron chi connectivity index (χ4n) is 6.29. The predicted molar refractivity (Wildman–Crippen MR) is 145 cm³/mol. The number of amides is 1. The van der Waals surface area contributed by atoms with E-state index >= 15 is 0 Å². The Balaban J connectivity index is 0.00000127. The van der Waals surface area contributed by atoms with E-state index in [0.29, 0.717) is 36.5 Å². The van der Waals surface area contributed by atoms with Gasteiger partial charge in [-0.3, -0.25) is 9.59 Å². The molecule has 3 fully saturated rings. The third kappa shape index (κ3) is 7.93. The minimum Gasteiger partial charge on any atom is -0.483 e. The number of hydrogen-bond donors (Lipinski definition) is 6. The highest BCUT2D eigenvalue weighted by atomic mass is 32.2. The lowest BCUT2D eigenvalue weighted by atomic mass is 9.81. The van der Waals surface area contributed by atoms with Crippen molar-refractivity contribution in [2.45, 2.75) is 101 Å². The van der Waals surface area contributed by atoms with Crippen LogP contribution >= 0.6 is 11.8 Å². The fraction of sp³-hybridized carbons (Fsp3) is 0.852. The number of aliphatic hydroxyl groups excluding tert-OH is 3. The quantitative estimate of drug-likeness (QED) is 0.218. The molecular weight excluding hydrogens is 512 g/mol. The topological polar surface area (TPSA) is 158 Å². The van der Waals surface area contributed by atoms with Gasteiger partial charge in [-0.2, -0.15) is 0 Å². The summed E-state index contributed by atoms with van der Waals surface area (Å²) in [6.07, 6.45) is 3.10. The van der Waals surface area contributed by atoms with Crippen molar-refractivity contribution in [1.82, 2.24) is 10.6 Å². The summed E-state index contributed by atoms with van der Waals surface area (Å²) in [6.45, 7) is 9.84. The molecule has 11 heteroatoms. The van der Waals surface area contributed by atoms with Gasteiger partial charge < -0.3 is 40.5 Å². The molecule has 4 rings (SSSR count). The number of thioether (sulfide) groups is 1. The summed E-state index contributed by atoms with van der Waals surface area (Å²) >= 11 is 1.38. The molecule has 0 unspecified atom stereocenters. The van der Waals surface area contributed by atoms with E-state index < -0.39 is 41.9 Å². The van der Waals surface area contributed by atoms with Crippen LogP contribution in [0.2, 0.25) is 0 Å². The predicted octanol–water partition coefficient (Wildman–Crippen LogP) is 1.13. The monoisotopic (exact) mass is 558 g/mol. The summed E-state index contributed by atoms with van der Waals surface area (Å²) in [5, 5.41) is 45.2. The molecule has 0 radical (unpaired) electrons. The molecule has 3 saturated heterocycles. The van der Waals surface area contributed by atoms with Gasteiger partial charge in [-0.1, -0.05) is 39.8 Å². The molecule has 0 aromatic rings. The molecule has 0 aliphatic carbocycles. The van der Waals surface area contributed by atoms with E-state index in [4.69, 9.17) is 19.4 Å². The van der Waals surface area contributed by atoms with Crippen molar-refractivity contribution < 1.29 is 39.5 Å². The molecule has 0 aromatic carbocycles. The molecule has 10 nitrogen and oxygen atoms in total.